The summed E-state index contributed by atoms with van der Waals surface area (Å²) in [5, 5.41) is 4.11. The van der Waals surface area contributed by atoms with Crippen molar-refractivity contribution >= 4 is 29.3 Å². The zero-order valence-electron chi connectivity index (χ0n) is 19.8. The third-order valence-electron chi connectivity index (χ3n) is 7.43. The summed E-state index contributed by atoms with van der Waals surface area (Å²) in [5.41, 5.74) is 0.604. The van der Waals surface area contributed by atoms with Gasteiger partial charge in [-0.3, -0.25) is 9.69 Å². The molecule has 2 unspecified atom stereocenters. The fourth-order valence-corrected chi connectivity index (χ4v) is 5.77. The second kappa shape index (κ2) is 10.9. The van der Waals surface area contributed by atoms with Crippen LogP contribution in [0.4, 0.5) is 11.8 Å². The second-order valence-electron chi connectivity index (χ2n) is 9.79. The summed E-state index contributed by atoms with van der Waals surface area (Å²) in [7, 11) is 0. The lowest BCUT2D eigenvalue weighted by Crippen LogP contribution is -2.49. The van der Waals surface area contributed by atoms with Gasteiger partial charge in [-0.05, 0) is 50.3 Å². The van der Waals surface area contributed by atoms with Crippen LogP contribution in [-0.4, -0.2) is 77.0 Å². The first kappa shape index (κ1) is 23.4. The Balaban J connectivity index is 1.17. The minimum Gasteiger partial charge on any atom is -0.356 e. The molecule has 5 rings (SSSR count). The van der Waals surface area contributed by atoms with Crippen LogP contribution in [0.5, 0.6) is 0 Å². The van der Waals surface area contributed by atoms with Crippen molar-refractivity contribution in [3.8, 4) is 0 Å². The molecule has 2 atom stereocenters. The van der Waals surface area contributed by atoms with Gasteiger partial charge in [-0.2, -0.15) is 4.98 Å². The number of hydrogen-bond donors (Lipinski definition) is 1. The van der Waals surface area contributed by atoms with E-state index in [1.807, 2.05) is 35.4 Å². The van der Waals surface area contributed by atoms with Crippen molar-refractivity contribution in [3.63, 3.8) is 0 Å². The number of halogens is 1. The molecule has 7 nitrogen and oxygen atoms in total. The largest absolute Gasteiger partial charge is 0.356 e. The van der Waals surface area contributed by atoms with Gasteiger partial charge in [0.05, 0.1) is 10.6 Å². The number of carbonyl (C=O) groups is 1. The fourth-order valence-electron chi connectivity index (χ4n) is 5.56. The Morgan fingerprint density at radius 2 is 1.76 bits per heavy atom. The standard InChI is InChI=1S/C26H35ClN6O/c27-23-10-4-3-9-22(23)25(34)33-16-7-8-21(19-33)32-17-12-20(18-32)29-26-28-13-11-24(30-26)31-14-5-1-2-6-15-31/h3-4,9-11,13,20-21H,1-2,5-8,12,14-19H2,(H,28,29,30). The van der Waals surface area contributed by atoms with E-state index in [1.165, 1.54) is 25.7 Å². The van der Waals surface area contributed by atoms with Crippen molar-refractivity contribution in [2.24, 2.45) is 0 Å². The number of hydrogen-bond acceptors (Lipinski definition) is 6. The molecule has 0 bridgehead atoms. The topological polar surface area (TPSA) is 64.6 Å². The first-order valence-corrected chi connectivity index (χ1v) is 13.2. The summed E-state index contributed by atoms with van der Waals surface area (Å²) in [4.78, 5) is 29.3. The van der Waals surface area contributed by atoms with E-state index in [4.69, 9.17) is 16.6 Å². The molecule has 3 aliphatic rings. The number of anilines is 2. The van der Waals surface area contributed by atoms with Crippen LogP contribution in [0, 0.1) is 0 Å². The summed E-state index contributed by atoms with van der Waals surface area (Å²) in [6.07, 6.45) is 10.2. The highest BCUT2D eigenvalue weighted by atomic mass is 35.5. The minimum atomic E-state index is 0.0444. The number of piperidine rings is 1. The van der Waals surface area contributed by atoms with E-state index in [2.05, 4.69) is 20.1 Å². The van der Waals surface area contributed by atoms with Crippen LogP contribution < -0.4 is 10.2 Å². The molecular weight excluding hydrogens is 448 g/mol. The second-order valence-corrected chi connectivity index (χ2v) is 10.2. The van der Waals surface area contributed by atoms with Gasteiger partial charge in [0.25, 0.3) is 5.91 Å². The number of nitrogens with zero attached hydrogens (tertiary/aromatic N) is 5. The van der Waals surface area contributed by atoms with Gasteiger partial charge in [-0.25, -0.2) is 4.98 Å². The van der Waals surface area contributed by atoms with Crippen molar-refractivity contribution in [2.45, 2.75) is 57.0 Å². The first-order valence-electron chi connectivity index (χ1n) is 12.8. The van der Waals surface area contributed by atoms with E-state index in [-0.39, 0.29) is 5.91 Å². The highest BCUT2D eigenvalue weighted by Crippen LogP contribution is 2.25. The Morgan fingerprint density at radius 3 is 2.59 bits per heavy atom. The van der Waals surface area contributed by atoms with E-state index in [0.717, 1.165) is 70.3 Å². The quantitative estimate of drug-likeness (QED) is 0.685. The molecule has 1 aromatic carbocycles. The predicted molar refractivity (Wildman–Crippen MR) is 137 cm³/mol. The average molecular weight is 483 g/mol. The van der Waals surface area contributed by atoms with Crippen molar-refractivity contribution in [1.82, 2.24) is 19.8 Å². The van der Waals surface area contributed by atoms with Crippen LogP contribution in [0.3, 0.4) is 0 Å². The number of benzene rings is 1. The smallest absolute Gasteiger partial charge is 0.255 e. The van der Waals surface area contributed by atoms with Crippen LogP contribution in [0.2, 0.25) is 5.02 Å². The van der Waals surface area contributed by atoms with E-state index in [9.17, 15) is 4.79 Å². The monoisotopic (exact) mass is 482 g/mol. The molecule has 0 aliphatic carbocycles. The van der Waals surface area contributed by atoms with Gasteiger partial charge >= 0.3 is 0 Å². The van der Waals surface area contributed by atoms with E-state index in [1.54, 1.807) is 6.07 Å². The average Bonchev–Trinajstić information content (AvgIpc) is 3.16. The third-order valence-corrected chi connectivity index (χ3v) is 7.76. The van der Waals surface area contributed by atoms with E-state index >= 15 is 0 Å². The highest BCUT2D eigenvalue weighted by Gasteiger charge is 2.33. The highest BCUT2D eigenvalue weighted by molar-refractivity contribution is 6.33. The maximum atomic E-state index is 13.1. The molecular formula is C26H35ClN6O. The molecule has 4 heterocycles. The Bertz CT molecular complexity index is 979. The summed E-state index contributed by atoms with van der Waals surface area (Å²) in [6.45, 7) is 5.71. The van der Waals surface area contributed by atoms with E-state index in [0.29, 0.717) is 22.7 Å². The molecule has 2 aromatic rings. The molecule has 1 amide bonds. The molecule has 182 valence electrons. The molecule has 0 saturated carbocycles. The first-order chi connectivity index (χ1) is 16.7. The van der Waals surface area contributed by atoms with Gasteiger partial charge in [0, 0.05) is 57.5 Å². The molecule has 3 saturated heterocycles. The molecule has 1 aromatic heterocycles. The van der Waals surface area contributed by atoms with Crippen LogP contribution in [-0.2, 0) is 0 Å². The lowest BCUT2D eigenvalue weighted by Gasteiger charge is -2.37. The van der Waals surface area contributed by atoms with Crippen LogP contribution in [0.25, 0.3) is 0 Å². The molecule has 0 radical (unpaired) electrons. The minimum absolute atomic E-state index is 0.0444. The number of aromatic nitrogens is 2. The van der Waals surface area contributed by atoms with Crippen LogP contribution >= 0.6 is 11.6 Å². The molecule has 3 fully saturated rings. The van der Waals surface area contributed by atoms with Crippen molar-refractivity contribution in [2.75, 3.05) is 49.5 Å². The summed E-state index contributed by atoms with van der Waals surface area (Å²) in [6, 6.07) is 10.1. The van der Waals surface area contributed by atoms with Gasteiger partial charge in [0.2, 0.25) is 5.95 Å². The number of rotatable bonds is 5. The Kier molecular flexibility index (Phi) is 7.50. The van der Waals surface area contributed by atoms with E-state index < -0.39 is 0 Å². The van der Waals surface area contributed by atoms with Crippen molar-refractivity contribution < 1.29 is 4.79 Å². The molecule has 0 spiro atoms. The molecule has 8 heteroatoms. The third kappa shape index (κ3) is 5.47. The molecule has 1 N–H and O–H groups in total. The van der Waals surface area contributed by atoms with Crippen molar-refractivity contribution in [1.29, 1.82) is 0 Å². The number of carbonyl (C=O) groups excluding carboxylic acids is 1. The number of nitrogens with one attached hydrogen (secondary N) is 1. The summed E-state index contributed by atoms with van der Waals surface area (Å²) in [5.74, 6) is 1.81. The normalized spacial score (nSPS) is 24.1. The zero-order valence-corrected chi connectivity index (χ0v) is 20.6. The van der Waals surface area contributed by atoms with Crippen LogP contribution in [0.1, 0.15) is 55.3 Å². The molecule has 34 heavy (non-hydrogen) atoms. The molecule has 3 aliphatic heterocycles. The summed E-state index contributed by atoms with van der Waals surface area (Å²) < 4.78 is 0. The zero-order chi connectivity index (χ0) is 23.3. The van der Waals surface area contributed by atoms with Gasteiger partial charge in [-0.15, -0.1) is 0 Å². The predicted octanol–water partition coefficient (Wildman–Crippen LogP) is 4.30. The fraction of sp³-hybridized carbons (Fsp3) is 0.577. The SMILES string of the molecule is O=C(c1ccccc1Cl)N1CCCC(N2CCC(Nc3nccc(N4CCCCCC4)n3)C2)C1. The Labute approximate surface area is 207 Å². The van der Waals surface area contributed by atoms with Crippen LogP contribution in [0.15, 0.2) is 36.5 Å². The van der Waals surface area contributed by atoms with Gasteiger partial charge in [0.15, 0.2) is 0 Å². The maximum absolute atomic E-state index is 13.1. The van der Waals surface area contributed by atoms with Gasteiger partial charge in [-0.1, -0.05) is 36.6 Å². The lowest BCUT2D eigenvalue weighted by atomic mass is 10.0. The lowest BCUT2D eigenvalue weighted by molar-refractivity contribution is 0.0607. The Hall–Kier alpha value is -2.38. The Morgan fingerprint density at radius 1 is 0.941 bits per heavy atom. The van der Waals surface area contributed by atoms with Crippen molar-refractivity contribution in [3.05, 3.63) is 47.1 Å². The van der Waals surface area contributed by atoms with Gasteiger partial charge in [0.1, 0.15) is 5.82 Å². The maximum Gasteiger partial charge on any atom is 0.255 e. The summed E-state index contributed by atoms with van der Waals surface area (Å²) >= 11 is 6.29. The number of amides is 1. The number of likely N-dealkylation sites (tertiary alicyclic amines) is 2. The van der Waals surface area contributed by atoms with Gasteiger partial charge < -0.3 is 15.1 Å².